The molecule has 0 aliphatic carbocycles. The van der Waals surface area contributed by atoms with Gasteiger partial charge in [0.15, 0.2) is 0 Å². The van der Waals surface area contributed by atoms with Gasteiger partial charge in [-0.1, -0.05) is 0 Å². The van der Waals surface area contributed by atoms with Crippen molar-refractivity contribution in [1.29, 1.82) is 0 Å². The lowest BCUT2D eigenvalue weighted by Crippen LogP contribution is -2.29. The summed E-state index contributed by atoms with van der Waals surface area (Å²) in [5, 5.41) is 2.83. The Balaban J connectivity index is 1.66. The predicted molar refractivity (Wildman–Crippen MR) is 97.3 cm³/mol. The van der Waals surface area contributed by atoms with Crippen LogP contribution in [0.5, 0.6) is 5.75 Å². The zero-order chi connectivity index (χ0) is 17.6. The van der Waals surface area contributed by atoms with E-state index in [2.05, 4.69) is 10.2 Å². The fourth-order valence-electron chi connectivity index (χ4n) is 2.97. The van der Waals surface area contributed by atoms with Crippen LogP contribution in [0.4, 0.5) is 5.69 Å². The maximum absolute atomic E-state index is 12.4. The molecule has 0 bridgehead atoms. The number of amides is 1. The highest BCUT2D eigenvalue weighted by atomic mass is 16.5. The van der Waals surface area contributed by atoms with E-state index in [0.717, 1.165) is 25.4 Å². The monoisotopic (exact) mass is 341 g/mol. The molecule has 1 saturated heterocycles. The number of carbonyl (C=O) groups excluding carboxylic acids is 1. The fraction of sp³-hybridized carbons (Fsp3) is 0.368. The Bertz CT molecular complexity index is 777. The number of pyridine rings is 1. The maximum atomic E-state index is 12.4. The number of carbonyl (C=O) groups is 1. The smallest absolute Gasteiger partial charge is 0.257 e. The van der Waals surface area contributed by atoms with Crippen LogP contribution in [0.3, 0.4) is 0 Å². The van der Waals surface area contributed by atoms with Gasteiger partial charge in [-0.05, 0) is 56.3 Å². The van der Waals surface area contributed by atoms with Gasteiger partial charge in [-0.3, -0.25) is 9.59 Å². The average Bonchev–Trinajstić information content (AvgIpc) is 3.15. The predicted octanol–water partition coefficient (Wildman–Crippen LogP) is 2.21. The van der Waals surface area contributed by atoms with Gasteiger partial charge in [0.2, 0.25) is 0 Å². The van der Waals surface area contributed by atoms with Crippen molar-refractivity contribution in [2.24, 2.45) is 0 Å². The van der Waals surface area contributed by atoms with Crippen LogP contribution in [0, 0.1) is 0 Å². The molecule has 3 rings (SSSR count). The molecule has 25 heavy (non-hydrogen) atoms. The van der Waals surface area contributed by atoms with E-state index in [1.165, 1.54) is 18.9 Å². The highest BCUT2D eigenvalue weighted by Gasteiger charge is 2.12. The minimum Gasteiger partial charge on any atom is -0.497 e. The number of aromatic nitrogens is 1. The second-order valence-electron chi connectivity index (χ2n) is 6.18. The largest absolute Gasteiger partial charge is 0.497 e. The van der Waals surface area contributed by atoms with Crippen LogP contribution in [0.2, 0.25) is 0 Å². The molecular formula is C19H23N3O3. The van der Waals surface area contributed by atoms with Crippen LogP contribution in [0.25, 0.3) is 0 Å². The number of benzene rings is 1. The van der Waals surface area contributed by atoms with E-state index in [4.69, 9.17) is 4.74 Å². The molecule has 1 fully saturated rings. The van der Waals surface area contributed by atoms with Crippen molar-refractivity contribution in [2.45, 2.75) is 19.4 Å². The van der Waals surface area contributed by atoms with Crippen LogP contribution in [-0.4, -0.2) is 42.1 Å². The molecule has 1 aromatic carbocycles. The third kappa shape index (κ3) is 4.48. The van der Waals surface area contributed by atoms with Gasteiger partial charge < -0.3 is 19.5 Å². The maximum Gasteiger partial charge on any atom is 0.257 e. The summed E-state index contributed by atoms with van der Waals surface area (Å²) in [6, 6.07) is 10.1. The SMILES string of the molecule is COc1ccc(NC(=O)c2ccc(=O)n(CCN3CCCC3)c2)cc1. The average molecular weight is 341 g/mol. The number of ether oxygens (including phenoxy) is 1. The first-order valence-electron chi connectivity index (χ1n) is 8.54. The van der Waals surface area contributed by atoms with Crippen LogP contribution >= 0.6 is 0 Å². The molecule has 1 aliphatic heterocycles. The molecule has 0 spiro atoms. The van der Waals surface area contributed by atoms with E-state index in [1.807, 2.05) is 0 Å². The summed E-state index contributed by atoms with van der Waals surface area (Å²) >= 11 is 0. The molecule has 132 valence electrons. The number of rotatable bonds is 6. The summed E-state index contributed by atoms with van der Waals surface area (Å²) in [7, 11) is 1.60. The number of methoxy groups -OCH3 is 1. The van der Waals surface area contributed by atoms with Crippen molar-refractivity contribution in [1.82, 2.24) is 9.47 Å². The van der Waals surface area contributed by atoms with E-state index >= 15 is 0 Å². The van der Waals surface area contributed by atoms with E-state index < -0.39 is 0 Å². The summed E-state index contributed by atoms with van der Waals surface area (Å²) in [4.78, 5) is 26.8. The highest BCUT2D eigenvalue weighted by molar-refractivity contribution is 6.04. The Morgan fingerprint density at radius 2 is 1.80 bits per heavy atom. The molecule has 2 heterocycles. The third-order valence-electron chi connectivity index (χ3n) is 4.45. The van der Waals surface area contributed by atoms with Gasteiger partial charge >= 0.3 is 0 Å². The summed E-state index contributed by atoms with van der Waals surface area (Å²) in [5.41, 5.74) is 1.07. The van der Waals surface area contributed by atoms with Gasteiger partial charge in [0.05, 0.1) is 12.7 Å². The standard InChI is InChI=1S/C19H23N3O3/c1-25-17-7-5-16(6-8-17)20-19(24)15-4-9-18(23)22(14-15)13-12-21-10-2-3-11-21/h4-9,14H,2-3,10-13H2,1H3,(H,20,24). The molecule has 6 heteroatoms. The quantitative estimate of drug-likeness (QED) is 0.875. The van der Waals surface area contributed by atoms with Gasteiger partial charge in [0.1, 0.15) is 5.75 Å². The second kappa shape index (κ2) is 7.98. The van der Waals surface area contributed by atoms with Gasteiger partial charge in [0, 0.05) is 31.0 Å². The van der Waals surface area contributed by atoms with Crippen molar-refractivity contribution >= 4 is 11.6 Å². The first-order valence-corrected chi connectivity index (χ1v) is 8.54. The summed E-state index contributed by atoms with van der Waals surface area (Å²) in [6.07, 6.45) is 4.08. The molecular weight excluding hydrogens is 318 g/mol. The van der Waals surface area contributed by atoms with Gasteiger partial charge in [-0.25, -0.2) is 0 Å². The van der Waals surface area contributed by atoms with Crippen LogP contribution in [0.1, 0.15) is 23.2 Å². The van der Waals surface area contributed by atoms with Crippen LogP contribution in [0.15, 0.2) is 47.4 Å². The lowest BCUT2D eigenvalue weighted by atomic mass is 10.2. The summed E-state index contributed by atoms with van der Waals surface area (Å²) < 4.78 is 6.71. The van der Waals surface area contributed by atoms with Crippen molar-refractivity contribution in [3.63, 3.8) is 0 Å². The minimum absolute atomic E-state index is 0.0832. The highest BCUT2D eigenvalue weighted by Crippen LogP contribution is 2.15. The van der Waals surface area contributed by atoms with Crippen molar-refractivity contribution in [3.05, 3.63) is 58.5 Å². The van der Waals surface area contributed by atoms with E-state index in [1.54, 1.807) is 48.2 Å². The molecule has 1 amide bonds. The fourth-order valence-corrected chi connectivity index (χ4v) is 2.97. The zero-order valence-electron chi connectivity index (χ0n) is 14.4. The molecule has 6 nitrogen and oxygen atoms in total. The van der Waals surface area contributed by atoms with Gasteiger partial charge in [-0.15, -0.1) is 0 Å². The van der Waals surface area contributed by atoms with Crippen molar-refractivity contribution < 1.29 is 9.53 Å². The summed E-state index contributed by atoms with van der Waals surface area (Å²) in [6.45, 7) is 3.62. The third-order valence-corrected chi connectivity index (χ3v) is 4.45. The zero-order valence-corrected chi connectivity index (χ0v) is 14.4. The minimum atomic E-state index is -0.236. The molecule has 1 aliphatic rings. The number of likely N-dealkylation sites (tertiary alicyclic amines) is 1. The lowest BCUT2D eigenvalue weighted by molar-refractivity contribution is 0.102. The summed E-state index contributed by atoms with van der Waals surface area (Å²) in [5.74, 6) is 0.494. The van der Waals surface area contributed by atoms with Gasteiger partial charge in [0.25, 0.3) is 11.5 Å². The molecule has 0 atom stereocenters. The molecule has 2 aromatic rings. The Morgan fingerprint density at radius 3 is 2.48 bits per heavy atom. The normalized spacial score (nSPS) is 14.4. The first kappa shape index (κ1) is 17.2. The Hall–Kier alpha value is -2.60. The number of hydrogen-bond acceptors (Lipinski definition) is 4. The number of anilines is 1. The molecule has 0 radical (unpaired) electrons. The molecule has 0 unspecified atom stereocenters. The second-order valence-corrected chi connectivity index (χ2v) is 6.18. The van der Waals surface area contributed by atoms with Gasteiger partial charge in [-0.2, -0.15) is 0 Å². The topological polar surface area (TPSA) is 63.6 Å². The van der Waals surface area contributed by atoms with Crippen LogP contribution in [-0.2, 0) is 6.54 Å². The van der Waals surface area contributed by atoms with E-state index in [9.17, 15) is 9.59 Å². The lowest BCUT2D eigenvalue weighted by Gasteiger charge is -2.15. The molecule has 1 aromatic heterocycles. The first-order chi connectivity index (χ1) is 12.2. The molecule has 0 saturated carbocycles. The Morgan fingerprint density at radius 1 is 1.08 bits per heavy atom. The van der Waals surface area contributed by atoms with E-state index in [-0.39, 0.29) is 11.5 Å². The van der Waals surface area contributed by atoms with Crippen LogP contribution < -0.4 is 15.6 Å². The van der Waals surface area contributed by atoms with Crippen molar-refractivity contribution in [3.8, 4) is 5.75 Å². The Labute approximate surface area is 147 Å². The van der Waals surface area contributed by atoms with E-state index in [0.29, 0.717) is 17.8 Å². The number of hydrogen-bond donors (Lipinski definition) is 1. The van der Waals surface area contributed by atoms with Crippen molar-refractivity contribution in [2.75, 3.05) is 32.1 Å². The number of nitrogens with one attached hydrogen (secondary N) is 1. The molecule has 1 N–H and O–H groups in total. The Kier molecular flexibility index (Phi) is 5.50. The number of nitrogens with zero attached hydrogens (tertiary/aromatic N) is 2.